The average Bonchev–Trinajstić information content (AvgIpc) is 2.67. The number of aliphatic imine (C=N–C) groups is 1. The Morgan fingerprint density at radius 3 is 2.35 bits per heavy atom. The van der Waals surface area contributed by atoms with Crippen LogP contribution < -0.4 is 4.74 Å². The largest absolute Gasteiger partial charge is 0.489 e. The van der Waals surface area contributed by atoms with Crippen molar-refractivity contribution in [2.24, 2.45) is 4.99 Å². The standard InChI is InChI=1S/C21H18N2O3/c1-16-4-2-3-5-21(16)22-14-17-8-12-20(13-9-17)26-15-18-6-10-19(11-7-18)23(24)25/h2-14H,15H2,1H3. The van der Waals surface area contributed by atoms with E-state index in [0.29, 0.717) is 6.61 Å². The molecule has 0 amide bonds. The number of benzene rings is 3. The van der Waals surface area contributed by atoms with E-state index in [4.69, 9.17) is 4.74 Å². The van der Waals surface area contributed by atoms with Gasteiger partial charge < -0.3 is 4.74 Å². The average molecular weight is 346 g/mol. The molecule has 5 heteroatoms. The summed E-state index contributed by atoms with van der Waals surface area (Å²) in [5.41, 5.74) is 4.01. The van der Waals surface area contributed by atoms with E-state index in [0.717, 1.165) is 28.1 Å². The van der Waals surface area contributed by atoms with E-state index >= 15 is 0 Å². The summed E-state index contributed by atoms with van der Waals surface area (Å²) in [4.78, 5) is 14.7. The molecule has 3 rings (SSSR count). The second-order valence-electron chi connectivity index (χ2n) is 5.83. The molecule has 0 N–H and O–H groups in total. The van der Waals surface area contributed by atoms with Crippen molar-refractivity contribution in [3.63, 3.8) is 0 Å². The summed E-state index contributed by atoms with van der Waals surface area (Å²) in [6.07, 6.45) is 1.82. The Morgan fingerprint density at radius 1 is 1.00 bits per heavy atom. The number of nitro benzene ring substituents is 1. The highest BCUT2D eigenvalue weighted by atomic mass is 16.6. The Morgan fingerprint density at radius 2 is 1.69 bits per heavy atom. The summed E-state index contributed by atoms with van der Waals surface area (Å²) in [5.74, 6) is 0.733. The SMILES string of the molecule is Cc1ccccc1N=Cc1ccc(OCc2ccc([N+](=O)[O-])cc2)cc1. The summed E-state index contributed by atoms with van der Waals surface area (Å²) in [5, 5.41) is 10.6. The Labute approximate surface area is 151 Å². The van der Waals surface area contributed by atoms with Gasteiger partial charge in [-0.2, -0.15) is 0 Å². The van der Waals surface area contributed by atoms with Gasteiger partial charge in [0.25, 0.3) is 5.69 Å². The molecule has 0 saturated heterocycles. The third-order valence-electron chi connectivity index (χ3n) is 3.90. The topological polar surface area (TPSA) is 64.7 Å². The highest BCUT2D eigenvalue weighted by Gasteiger charge is 2.04. The Kier molecular flexibility index (Phi) is 5.39. The Bertz CT molecular complexity index is 917. The molecule has 0 radical (unpaired) electrons. The number of hydrogen-bond acceptors (Lipinski definition) is 4. The van der Waals surface area contributed by atoms with Crippen LogP contribution in [0.2, 0.25) is 0 Å². The molecule has 0 aromatic heterocycles. The predicted molar refractivity (Wildman–Crippen MR) is 102 cm³/mol. The monoisotopic (exact) mass is 346 g/mol. The van der Waals surface area contributed by atoms with Crippen molar-refractivity contribution in [2.75, 3.05) is 0 Å². The summed E-state index contributed by atoms with van der Waals surface area (Å²) in [6, 6.07) is 21.9. The third kappa shape index (κ3) is 4.54. The van der Waals surface area contributed by atoms with Gasteiger partial charge in [0.1, 0.15) is 12.4 Å². The van der Waals surface area contributed by atoms with Gasteiger partial charge in [-0.05, 0) is 66.1 Å². The molecule has 3 aromatic carbocycles. The van der Waals surface area contributed by atoms with Gasteiger partial charge in [0.15, 0.2) is 0 Å². The van der Waals surface area contributed by atoms with Gasteiger partial charge in [0, 0.05) is 18.3 Å². The van der Waals surface area contributed by atoms with E-state index in [2.05, 4.69) is 4.99 Å². The van der Waals surface area contributed by atoms with E-state index < -0.39 is 4.92 Å². The first-order valence-corrected chi connectivity index (χ1v) is 8.18. The van der Waals surface area contributed by atoms with Crippen molar-refractivity contribution >= 4 is 17.6 Å². The maximum absolute atomic E-state index is 10.6. The van der Waals surface area contributed by atoms with Crippen molar-refractivity contribution in [3.05, 3.63) is 99.6 Å². The smallest absolute Gasteiger partial charge is 0.269 e. The molecule has 0 saturated carbocycles. The summed E-state index contributed by atoms with van der Waals surface area (Å²) in [6.45, 7) is 2.39. The quantitative estimate of drug-likeness (QED) is 0.348. The van der Waals surface area contributed by atoms with Crippen molar-refractivity contribution in [1.82, 2.24) is 0 Å². The fraction of sp³-hybridized carbons (Fsp3) is 0.0952. The van der Waals surface area contributed by atoms with Crippen LogP contribution in [0, 0.1) is 17.0 Å². The lowest BCUT2D eigenvalue weighted by molar-refractivity contribution is -0.384. The van der Waals surface area contributed by atoms with Gasteiger partial charge in [-0.25, -0.2) is 0 Å². The van der Waals surface area contributed by atoms with Crippen molar-refractivity contribution in [2.45, 2.75) is 13.5 Å². The molecule has 26 heavy (non-hydrogen) atoms. The first-order chi connectivity index (χ1) is 12.6. The molecule has 5 nitrogen and oxygen atoms in total. The minimum atomic E-state index is -0.415. The molecule has 130 valence electrons. The van der Waals surface area contributed by atoms with Gasteiger partial charge >= 0.3 is 0 Å². The fourth-order valence-electron chi connectivity index (χ4n) is 2.38. The lowest BCUT2D eigenvalue weighted by Gasteiger charge is -2.06. The van der Waals surface area contributed by atoms with E-state index in [-0.39, 0.29) is 5.69 Å². The molecule has 0 spiro atoms. The summed E-state index contributed by atoms with van der Waals surface area (Å²) in [7, 11) is 0. The van der Waals surface area contributed by atoms with Crippen LogP contribution in [-0.4, -0.2) is 11.1 Å². The summed E-state index contributed by atoms with van der Waals surface area (Å²) < 4.78 is 5.71. The number of hydrogen-bond donors (Lipinski definition) is 0. The lowest BCUT2D eigenvalue weighted by Crippen LogP contribution is -1.96. The van der Waals surface area contributed by atoms with Crippen molar-refractivity contribution in [1.29, 1.82) is 0 Å². The van der Waals surface area contributed by atoms with Crippen LogP contribution in [0.3, 0.4) is 0 Å². The van der Waals surface area contributed by atoms with Crippen LogP contribution in [-0.2, 0) is 6.61 Å². The first-order valence-electron chi connectivity index (χ1n) is 8.18. The maximum Gasteiger partial charge on any atom is 0.269 e. The van der Waals surface area contributed by atoms with Crippen LogP contribution in [0.25, 0.3) is 0 Å². The molecule has 0 aliphatic carbocycles. The van der Waals surface area contributed by atoms with Crippen LogP contribution in [0.4, 0.5) is 11.4 Å². The molecule has 0 atom stereocenters. The molecule has 0 fully saturated rings. The number of non-ortho nitro benzene ring substituents is 1. The van der Waals surface area contributed by atoms with E-state index in [1.54, 1.807) is 12.1 Å². The van der Waals surface area contributed by atoms with Crippen LogP contribution >= 0.6 is 0 Å². The van der Waals surface area contributed by atoms with Gasteiger partial charge in [0.2, 0.25) is 0 Å². The van der Waals surface area contributed by atoms with E-state index in [1.807, 2.05) is 61.7 Å². The van der Waals surface area contributed by atoms with Crippen LogP contribution in [0.5, 0.6) is 5.75 Å². The zero-order valence-electron chi connectivity index (χ0n) is 14.3. The van der Waals surface area contributed by atoms with Crippen LogP contribution in [0.15, 0.2) is 77.8 Å². The van der Waals surface area contributed by atoms with Crippen molar-refractivity contribution in [3.8, 4) is 5.75 Å². The highest BCUT2D eigenvalue weighted by molar-refractivity contribution is 5.82. The van der Waals surface area contributed by atoms with Gasteiger partial charge in [-0.15, -0.1) is 0 Å². The molecule has 0 aliphatic rings. The van der Waals surface area contributed by atoms with Gasteiger partial charge in [-0.1, -0.05) is 18.2 Å². The second-order valence-corrected chi connectivity index (χ2v) is 5.83. The Balaban J connectivity index is 1.59. The second kappa shape index (κ2) is 8.07. The number of nitrogens with zero attached hydrogens (tertiary/aromatic N) is 2. The number of rotatable bonds is 6. The number of para-hydroxylation sites is 1. The fourth-order valence-corrected chi connectivity index (χ4v) is 2.38. The van der Waals surface area contributed by atoms with E-state index in [9.17, 15) is 10.1 Å². The molecule has 0 aliphatic heterocycles. The maximum atomic E-state index is 10.6. The predicted octanol–water partition coefficient (Wildman–Crippen LogP) is 5.23. The van der Waals surface area contributed by atoms with Crippen LogP contribution in [0.1, 0.15) is 16.7 Å². The van der Waals surface area contributed by atoms with Gasteiger partial charge in [-0.3, -0.25) is 15.1 Å². The molecular weight excluding hydrogens is 328 g/mol. The number of nitro groups is 1. The molecule has 0 bridgehead atoms. The number of ether oxygens (including phenoxy) is 1. The minimum absolute atomic E-state index is 0.0750. The normalized spacial score (nSPS) is 10.8. The highest BCUT2D eigenvalue weighted by Crippen LogP contribution is 2.18. The minimum Gasteiger partial charge on any atom is -0.489 e. The zero-order valence-corrected chi connectivity index (χ0v) is 14.3. The first kappa shape index (κ1) is 17.4. The lowest BCUT2D eigenvalue weighted by atomic mass is 10.2. The van der Waals surface area contributed by atoms with Gasteiger partial charge in [0.05, 0.1) is 10.6 Å². The third-order valence-corrected chi connectivity index (χ3v) is 3.90. The summed E-state index contributed by atoms with van der Waals surface area (Å²) >= 11 is 0. The van der Waals surface area contributed by atoms with Crippen molar-refractivity contribution < 1.29 is 9.66 Å². The zero-order chi connectivity index (χ0) is 18.4. The molecule has 0 unspecified atom stereocenters. The molecular formula is C21H18N2O3. The number of aryl methyl sites for hydroxylation is 1. The Hall–Kier alpha value is -3.47. The molecule has 3 aromatic rings. The van der Waals surface area contributed by atoms with E-state index in [1.165, 1.54) is 12.1 Å². The molecule has 0 heterocycles.